The molecule has 8 N–H and O–H groups in total. The van der Waals surface area contributed by atoms with Crippen molar-refractivity contribution in [3.8, 4) is 0 Å². The maximum atomic E-state index is 14.8. The minimum absolute atomic E-state index is 0.0637. The van der Waals surface area contributed by atoms with Gasteiger partial charge in [-0.1, -0.05) is 99.4 Å². The molecule has 2 aromatic carbocycles. The lowest BCUT2D eigenvalue weighted by molar-refractivity contribution is -0.148. The molecule has 10 atom stereocenters. The number of amides is 12. The summed E-state index contributed by atoms with van der Waals surface area (Å²) in [5.41, 5.74) is 7.19. The SMILES string of the molecule is CC[C@H](C)[C@@H]([C@@H](CC(=O)N1CCC[C@H]1[C@H](OC)[C@@H](C)C(=O)NCCc1ccc2ccncc2c1)OC)N(C)C(=O)[C@@H](NC(=O)[C@H](C(C)C)N(C)C(=O)OCc1ccc(NC(=O)[C@H](CCCNC(N)=O)NC(=O)[C@@H](NC(=O)CCCCCN2C(=O)C=CC2=O)C(C)C)cc1)C(C)C. The third-order valence-electron chi connectivity index (χ3n) is 18.1. The number of methoxy groups -OCH3 is 2. The third-order valence-corrected chi connectivity index (χ3v) is 18.1. The van der Waals surface area contributed by atoms with E-state index in [1.807, 2.05) is 59.0 Å². The number of nitrogens with zero attached hydrogens (tertiary/aromatic N) is 5. The molecule has 3 heterocycles. The second kappa shape index (κ2) is 38.3. The van der Waals surface area contributed by atoms with E-state index in [9.17, 15) is 52.7 Å². The number of aromatic nitrogens is 1. The molecule has 0 aliphatic carbocycles. The second-order valence-corrected chi connectivity index (χ2v) is 26.2. The van der Waals surface area contributed by atoms with Crippen molar-refractivity contribution in [1.82, 2.24) is 51.2 Å². The minimum Gasteiger partial charge on any atom is -0.445 e. The molecule has 2 aliphatic heterocycles. The molecule has 3 aromatic rings. The number of likely N-dealkylation sites (N-methyl/N-ethyl adjacent to an activating group) is 2. The summed E-state index contributed by atoms with van der Waals surface area (Å²) in [5, 5.41) is 18.9. The van der Waals surface area contributed by atoms with Crippen molar-refractivity contribution in [3.05, 3.63) is 84.2 Å². The predicted octanol–water partition coefficient (Wildman–Crippen LogP) is 5.75. The highest BCUT2D eigenvalue weighted by molar-refractivity contribution is 6.12. The van der Waals surface area contributed by atoms with Crippen molar-refractivity contribution in [2.45, 2.75) is 188 Å². The van der Waals surface area contributed by atoms with Gasteiger partial charge in [-0.15, -0.1) is 0 Å². The van der Waals surface area contributed by atoms with Gasteiger partial charge in [0.1, 0.15) is 30.8 Å². The smallest absolute Gasteiger partial charge is 0.410 e. The second-order valence-electron chi connectivity index (χ2n) is 26.2. The summed E-state index contributed by atoms with van der Waals surface area (Å²) in [6, 6.07) is 8.52. The Hall–Kier alpha value is -8.52. The summed E-state index contributed by atoms with van der Waals surface area (Å²) < 4.78 is 17.8. The van der Waals surface area contributed by atoms with E-state index in [1.54, 1.807) is 82.1 Å². The average molecular weight is 1340 g/mol. The third kappa shape index (κ3) is 22.5. The maximum absolute atomic E-state index is 14.8. The summed E-state index contributed by atoms with van der Waals surface area (Å²) in [6.45, 7) is 17.5. The molecule has 0 radical (unpaired) electrons. The number of carbonyl (C=O) groups excluding carboxylic acids is 11. The summed E-state index contributed by atoms with van der Waals surface area (Å²) >= 11 is 0. The van der Waals surface area contributed by atoms with Crippen molar-refractivity contribution in [3.63, 3.8) is 0 Å². The minimum atomic E-state index is -1.11. The van der Waals surface area contributed by atoms with E-state index >= 15 is 0 Å². The first-order valence-electron chi connectivity index (χ1n) is 33.6. The van der Waals surface area contributed by atoms with Gasteiger partial charge in [-0.2, -0.15) is 0 Å². The van der Waals surface area contributed by atoms with Crippen LogP contribution in [0.5, 0.6) is 0 Å². The first-order chi connectivity index (χ1) is 45.6. The molecule has 1 saturated heterocycles. The van der Waals surface area contributed by atoms with Crippen LogP contribution in [-0.4, -0.2) is 193 Å². The summed E-state index contributed by atoms with van der Waals surface area (Å²) in [5.74, 6) is -5.65. The van der Waals surface area contributed by atoms with Crippen LogP contribution in [0.4, 0.5) is 15.3 Å². The zero-order valence-corrected chi connectivity index (χ0v) is 58.3. The highest BCUT2D eigenvalue weighted by Crippen LogP contribution is 2.30. The van der Waals surface area contributed by atoms with E-state index in [-0.39, 0.29) is 92.8 Å². The number of hydrogen-bond donors (Lipinski definition) is 7. The van der Waals surface area contributed by atoms with Gasteiger partial charge < -0.3 is 61.6 Å². The van der Waals surface area contributed by atoms with E-state index in [2.05, 4.69) is 43.0 Å². The Kier molecular flexibility index (Phi) is 31.2. The van der Waals surface area contributed by atoms with Crippen LogP contribution in [-0.2, 0) is 70.4 Å². The zero-order valence-electron chi connectivity index (χ0n) is 58.3. The van der Waals surface area contributed by atoms with Gasteiger partial charge in [-0.05, 0) is 109 Å². The number of nitrogens with two attached hydrogens (primary N) is 1. The Morgan fingerprint density at radius 1 is 0.708 bits per heavy atom. The lowest BCUT2D eigenvalue weighted by Gasteiger charge is -2.41. The number of fused-ring (bicyclic) bond motifs is 1. The van der Waals surface area contributed by atoms with E-state index in [4.69, 9.17) is 19.9 Å². The molecular formula is C70H104N12O14. The van der Waals surface area contributed by atoms with Crippen molar-refractivity contribution < 1.29 is 67.0 Å². The van der Waals surface area contributed by atoms with E-state index < -0.39 is 95.9 Å². The maximum Gasteiger partial charge on any atom is 0.410 e. The monoisotopic (exact) mass is 1340 g/mol. The molecule has 1 aromatic heterocycles. The highest BCUT2D eigenvalue weighted by atomic mass is 16.6. The van der Waals surface area contributed by atoms with Crippen LogP contribution in [0.3, 0.4) is 0 Å². The molecule has 12 amide bonds. The largest absolute Gasteiger partial charge is 0.445 e. The van der Waals surface area contributed by atoms with Gasteiger partial charge in [-0.3, -0.25) is 57.9 Å². The van der Waals surface area contributed by atoms with Crippen molar-refractivity contribution >= 4 is 81.7 Å². The van der Waals surface area contributed by atoms with Gasteiger partial charge in [0.25, 0.3) is 11.8 Å². The van der Waals surface area contributed by atoms with E-state index in [1.165, 1.54) is 31.2 Å². The van der Waals surface area contributed by atoms with Crippen molar-refractivity contribution in [1.29, 1.82) is 0 Å². The number of pyridine rings is 1. The van der Waals surface area contributed by atoms with Gasteiger partial charge in [0.2, 0.25) is 41.4 Å². The number of carbonyl (C=O) groups is 11. The Bertz CT molecular complexity index is 3160. The fourth-order valence-electron chi connectivity index (χ4n) is 12.5. The van der Waals surface area contributed by atoms with Crippen molar-refractivity contribution in [2.24, 2.45) is 35.3 Å². The number of ether oxygens (including phenoxy) is 3. The lowest BCUT2D eigenvalue weighted by atomic mass is 9.89. The van der Waals surface area contributed by atoms with Crippen LogP contribution in [0, 0.1) is 29.6 Å². The normalized spacial score (nSPS) is 16.6. The summed E-state index contributed by atoms with van der Waals surface area (Å²) in [7, 11) is 6.16. The number of anilines is 1. The van der Waals surface area contributed by atoms with E-state index in [0.29, 0.717) is 69.3 Å². The number of benzene rings is 2. The number of nitrogens with one attached hydrogen (secondary N) is 6. The van der Waals surface area contributed by atoms with Gasteiger partial charge in [0, 0.05) is 96.5 Å². The van der Waals surface area contributed by atoms with Crippen LogP contribution in [0.15, 0.2) is 73.1 Å². The van der Waals surface area contributed by atoms with Gasteiger partial charge in [0.05, 0.1) is 36.6 Å². The van der Waals surface area contributed by atoms with Crippen molar-refractivity contribution in [2.75, 3.05) is 59.8 Å². The molecule has 0 unspecified atom stereocenters. The van der Waals surface area contributed by atoms with Gasteiger partial charge in [-0.25, -0.2) is 9.59 Å². The number of primary amides is 1. The molecule has 26 heteroatoms. The van der Waals surface area contributed by atoms with E-state index in [0.717, 1.165) is 21.2 Å². The predicted molar refractivity (Wildman–Crippen MR) is 363 cm³/mol. The van der Waals surface area contributed by atoms with Crippen LogP contribution < -0.4 is 37.6 Å². The summed E-state index contributed by atoms with van der Waals surface area (Å²) in [6.07, 6.45) is 8.32. The number of likely N-dealkylation sites (tertiary alicyclic amines) is 1. The topological polar surface area (TPSA) is 340 Å². The molecule has 96 heavy (non-hydrogen) atoms. The molecule has 528 valence electrons. The Morgan fingerprint density at radius 2 is 1.39 bits per heavy atom. The van der Waals surface area contributed by atoms with Crippen LogP contribution in [0.1, 0.15) is 138 Å². The number of imide groups is 1. The molecule has 5 rings (SSSR count). The molecule has 0 bridgehead atoms. The first-order valence-corrected chi connectivity index (χ1v) is 33.6. The molecule has 1 fully saturated rings. The average Bonchev–Trinajstić information content (AvgIpc) is 1.37. The number of hydrogen-bond acceptors (Lipinski definition) is 15. The molecule has 0 saturated carbocycles. The quantitative estimate of drug-likeness (QED) is 0.0265. The summed E-state index contributed by atoms with van der Waals surface area (Å²) in [4.78, 5) is 157. The molecule has 2 aliphatic rings. The number of urea groups is 1. The highest BCUT2D eigenvalue weighted by Gasteiger charge is 2.44. The fraction of sp³-hybridized carbons (Fsp3) is 0.600. The van der Waals surface area contributed by atoms with Crippen LogP contribution in [0.25, 0.3) is 10.8 Å². The first kappa shape index (κ1) is 78.2. The molecular weight excluding hydrogens is 1230 g/mol. The number of unbranched alkanes of at least 4 members (excludes halogenated alkanes) is 2. The van der Waals surface area contributed by atoms with Crippen LogP contribution >= 0.6 is 0 Å². The standard InChI is InChI=1S/C70H104N12O14/c1-14-45(8)62(54(94-12)39-58(86)81-37-19-21-53(81)63(95-13)46(9)64(87)73-35-31-47-23-26-49-32-34-72-40-50(49)38-47)79(10)68(91)60(43(4)5)78-67(90)61(44(6)7)80(11)70(93)96-41-48-24-27-51(28-25-48)75-65(88)52(20-18-33-74-69(71)92)76-66(89)59(42(2)3)77-55(83)22-16-15-17-36-82-56(84)29-30-57(82)85/h23-30,32,34,38,40,42-46,52-54,59-63H,14-22,31,33,35-37,39,41H2,1-13H3,(H,73,87)(H,75,88)(H,76,89)(H,77,83)(H,78,90)(H3,71,74,92)/t45-,46+,52-,53-,54+,59-,60-,61-,62-,63+/m0/s1. The lowest BCUT2D eigenvalue weighted by Crippen LogP contribution is -2.60. The number of rotatable bonds is 38. The Labute approximate surface area is 565 Å². The van der Waals surface area contributed by atoms with Crippen LogP contribution in [0.2, 0.25) is 0 Å². The Morgan fingerprint density at radius 3 is 2.01 bits per heavy atom. The molecule has 26 nitrogen and oxygen atoms in total. The fourth-order valence-corrected chi connectivity index (χ4v) is 12.5. The molecule has 0 spiro atoms. The van der Waals surface area contributed by atoms with Gasteiger partial charge in [0.15, 0.2) is 0 Å². The van der Waals surface area contributed by atoms with Gasteiger partial charge >= 0.3 is 12.1 Å². The Balaban J connectivity index is 1.16. The zero-order chi connectivity index (χ0) is 70.9.